The lowest BCUT2D eigenvalue weighted by Crippen LogP contribution is -2.49. The van der Waals surface area contributed by atoms with Crippen LogP contribution in [0.1, 0.15) is 25.7 Å². The fraction of sp³-hybridized carbons (Fsp3) is 0.769. The van der Waals surface area contributed by atoms with Crippen molar-refractivity contribution in [3.63, 3.8) is 0 Å². The maximum atomic E-state index is 12.1. The second-order valence-corrected chi connectivity index (χ2v) is 10.7. The highest BCUT2D eigenvalue weighted by molar-refractivity contribution is 5.84. The second kappa shape index (κ2) is 12.1. The third-order valence-electron chi connectivity index (χ3n) is 8.37. The molecule has 6 heterocycles. The smallest absolute Gasteiger partial charge is 0.229 e. The molecule has 4 saturated heterocycles. The van der Waals surface area contributed by atoms with Crippen LogP contribution in [0.3, 0.4) is 0 Å². The van der Waals surface area contributed by atoms with Crippen molar-refractivity contribution in [1.82, 2.24) is 34.2 Å². The third-order valence-corrected chi connectivity index (χ3v) is 8.37. The van der Waals surface area contributed by atoms with Crippen molar-refractivity contribution in [2.75, 3.05) is 102 Å². The van der Waals surface area contributed by atoms with E-state index in [9.17, 15) is 4.79 Å². The molecule has 0 atom stereocenters. The molecule has 0 saturated carbocycles. The molecule has 2 aromatic rings. The lowest BCUT2D eigenvalue weighted by atomic mass is 10.0. The quantitative estimate of drug-likeness (QED) is 0.496. The van der Waals surface area contributed by atoms with Crippen LogP contribution in [-0.2, 0) is 20.8 Å². The zero-order valence-electron chi connectivity index (χ0n) is 22.4. The van der Waals surface area contributed by atoms with E-state index in [1.165, 1.54) is 0 Å². The van der Waals surface area contributed by atoms with Crippen LogP contribution in [-0.4, -0.2) is 138 Å². The summed E-state index contributed by atoms with van der Waals surface area (Å²) in [5.74, 6) is 1.81. The number of nitrogens with one attached hydrogen (secondary N) is 1. The van der Waals surface area contributed by atoms with Crippen LogP contribution < -0.4 is 10.2 Å². The van der Waals surface area contributed by atoms with E-state index in [0.29, 0.717) is 25.6 Å². The SMILES string of the molecule is O=C1CCCN1CCn1cnc2c(NCCN3CCOCC3)nc(N3CCC(N4CCOCC4)CC3)nc21. The van der Waals surface area contributed by atoms with Crippen LogP contribution in [0.4, 0.5) is 11.8 Å². The number of amides is 1. The molecule has 0 aliphatic carbocycles. The van der Waals surface area contributed by atoms with E-state index >= 15 is 0 Å². The molecule has 4 aliphatic rings. The van der Waals surface area contributed by atoms with Gasteiger partial charge in [0.25, 0.3) is 0 Å². The highest BCUT2D eigenvalue weighted by Crippen LogP contribution is 2.26. The third kappa shape index (κ3) is 5.88. The van der Waals surface area contributed by atoms with Gasteiger partial charge in [0.2, 0.25) is 11.9 Å². The zero-order chi connectivity index (χ0) is 25.7. The molecule has 0 bridgehead atoms. The number of rotatable bonds is 9. The highest BCUT2D eigenvalue weighted by atomic mass is 16.5. The van der Waals surface area contributed by atoms with Gasteiger partial charge in [-0.15, -0.1) is 0 Å². The molecule has 4 fully saturated rings. The first-order valence-corrected chi connectivity index (χ1v) is 14.4. The van der Waals surface area contributed by atoms with E-state index in [-0.39, 0.29) is 5.91 Å². The van der Waals surface area contributed by atoms with Crippen molar-refractivity contribution in [3.8, 4) is 0 Å². The van der Waals surface area contributed by atoms with Gasteiger partial charge in [-0.3, -0.25) is 14.6 Å². The van der Waals surface area contributed by atoms with E-state index in [1.54, 1.807) is 0 Å². The number of piperidine rings is 1. The molecule has 6 rings (SSSR count). The number of hydrogen-bond acceptors (Lipinski definition) is 10. The van der Waals surface area contributed by atoms with Crippen molar-refractivity contribution < 1.29 is 14.3 Å². The molecule has 0 radical (unpaired) electrons. The summed E-state index contributed by atoms with van der Waals surface area (Å²) in [5.41, 5.74) is 1.64. The molecule has 12 heteroatoms. The Morgan fingerprint density at radius 1 is 0.895 bits per heavy atom. The largest absolute Gasteiger partial charge is 0.379 e. The number of carbonyl (C=O) groups excluding carboxylic acids is 1. The van der Waals surface area contributed by atoms with E-state index in [4.69, 9.17) is 24.4 Å². The van der Waals surface area contributed by atoms with E-state index in [2.05, 4.69) is 24.6 Å². The monoisotopic (exact) mass is 527 g/mol. The molecule has 1 N–H and O–H groups in total. The van der Waals surface area contributed by atoms with Gasteiger partial charge >= 0.3 is 0 Å². The van der Waals surface area contributed by atoms with Gasteiger partial charge in [0, 0.05) is 84.5 Å². The van der Waals surface area contributed by atoms with Crippen LogP contribution >= 0.6 is 0 Å². The molecule has 1 amide bonds. The second-order valence-electron chi connectivity index (χ2n) is 10.7. The summed E-state index contributed by atoms with van der Waals surface area (Å²) < 4.78 is 13.1. The Morgan fingerprint density at radius 3 is 2.39 bits per heavy atom. The minimum atomic E-state index is 0.248. The number of hydrogen-bond donors (Lipinski definition) is 1. The molecule has 0 spiro atoms. The van der Waals surface area contributed by atoms with Crippen molar-refractivity contribution in [2.24, 2.45) is 0 Å². The summed E-state index contributed by atoms with van der Waals surface area (Å²) in [6.07, 6.45) is 5.68. The lowest BCUT2D eigenvalue weighted by Gasteiger charge is -2.40. The van der Waals surface area contributed by atoms with Crippen molar-refractivity contribution in [1.29, 1.82) is 0 Å². The summed E-state index contributed by atoms with van der Waals surface area (Å²) in [4.78, 5) is 36.1. The topological polar surface area (TPSA) is 104 Å². The van der Waals surface area contributed by atoms with Gasteiger partial charge in [0.05, 0.1) is 32.8 Å². The highest BCUT2D eigenvalue weighted by Gasteiger charge is 2.28. The van der Waals surface area contributed by atoms with Crippen molar-refractivity contribution >= 4 is 28.8 Å². The normalized spacial score (nSPS) is 22.6. The van der Waals surface area contributed by atoms with Gasteiger partial charge in [-0.25, -0.2) is 4.98 Å². The van der Waals surface area contributed by atoms with Gasteiger partial charge in [-0.2, -0.15) is 9.97 Å². The number of imidazole rings is 1. The Kier molecular flexibility index (Phi) is 8.19. The average Bonchev–Trinajstić information content (AvgIpc) is 3.58. The Hall–Kier alpha value is -2.54. The summed E-state index contributed by atoms with van der Waals surface area (Å²) in [6, 6.07) is 0.605. The number of ether oxygens (including phenoxy) is 2. The van der Waals surface area contributed by atoms with Gasteiger partial charge in [-0.05, 0) is 19.3 Å². The van der Waals surface area contributed by atoms with Gasteiger partial charge < -0.3 is 29.2 Å². The van der Waals surface area contributed by atoms with E-state index < -0.39 is 0 Å². The van der Waals surface area contributed by atoms with Crippen LogP contribution in [0.2, 0.25) is 0 Å². The molecule has 12 nitrogen and oxygen atoms in total. The fourth-order valence-electron chi connectivity index (χ4n) is 6.06. The molecule has 38 heavy (non-hydrogen) atoms. The van der Waals surface area contributed by atoms with Gasteiger partial charge in [-0.1, -0.05) is 0 Å². The Bertz CT molecular complexity index is 1080. The number of anilines is 2. The fourth-order valence-corrected chi connectivity index (χ4v) is 6.06. The summed E-state index contributed by atoms with van der Waals surface area (Å²) in [5, 5.41) is 3.57. The van der Waals surface area contributed by atoms with Crippen LogP contribution in [0, 0.1) is 0 Å². The number of carbonyl (C=O) groups is 1. The summed E-state index contributed by atoms with van der Waals surface area (Å²) in [7, 11) is 0. The van der Waals surface area contributed by atoms with Crippen LogP contribution in [0.15, 0.2) is 6.33 Å². The standard InChI is InChI=1S/C26H41N9O3/c36-22-2-1-6-33(22)10-11-35-20-28-23-24(27-5-9-31-12-16-37-17-13-31)29-26(30-25(23)35)34-7-3-21(4-8-34)32-14-18-38-19-15-32/h20-21H,1-19H2,(H,27,29,30). The molecule has 2 aromatic heterocycles. The predicted molar refractivity (Wildman–Crippen MR) is 145 cm³/mol. The number of nitrogens with zero attached hydrogens (tertiary/aromatic N) is 8. The molecule has 0 aromatic carbocycles. The molecule has 208 valence electrons. The van der Waals surface area contributed by atoms with Crippen LogP contribution in [0.5, 0.6) is 0 Å². The number of fused-ring (bicyclic) bond motifs is 1. The first kappa shape index (κ1) is 25.7. The maximum Gasteiger partial charge on any atom is 0.229 e. The minimum Gasteiger partial charge on any atom is -0.379 e. The Balaban J connectivity index is 1.18. The molecular weight excluding hydrogens is 486 g/mol. The van der Waals surface area contributed by atoms with Gasteiger partial charge in [0.1, 0.15) is 0 Å². The van der Waals surface area contributed by atoms with Crippen LogP contribution in [0.25, 0.3) is 11.2 Å². The maximum absolute atomic E-state index is 12.1. The van der Waals surface area contributed by atoms with Crippen molar-refractivity contribution in [3.05, 3.63) is 6.33 Å². The minimum absolute atomic E-state index is 0.248. The zero-order valence-corrected chi connectivity index (χ0v) is 22.4. The average molecular weight is 528 g/mol. The lowest BCUT2D eigenvalue weighted by molar-refractivity contribution is -0.127. The van der Waals surface area contributed by atoms with Gasteiger partial charge in [0.15, 0.2) is 17.0 Å². The number of likely N-dealkylation sites (tertiary alicyclic amines) is 1. The predicted octanol–water partition coefficient (Wildman–Crippen LogP) is 0.494. The summed E-state index contributed by atoms with van der Waals surface area (Å²) >= 11 is 0. The Labute approximate surface area is 224 Å². The molecular formula is C26H41N9O3. The number of aromatic nitrogens is 4. The molecule has 0 unspecified atom stereocenters. The summed E-state index contributed by atoms with van der Waals surface area (Å²) in [6.45, 7) is 13.1. The number of morpholine rings is 2. The first-order chi connectivity index (χ1) is 18.7. The van der Waals surface area contributed by atoms with E-state index in [1.807, 2.05) is 11.2 Å². The first-order valence-electron chi connectivity index (χ1n) is 14.4. The Morgan fingerprint density at radius 2 is 1.66 bits per heavy atom. The molecule has 4 aliphatic heterocycles. The van der Waals surface area contributed by atoms with Crippen molar-refractivity contribution in [2.45, 2.75) is 38.3 Å². The van der Waals surface area contributed by atoms with E-state index in [0.717, 1.165) is 128 Å².